The summed E-state index contributed by atoms with van der Waals surface area (Å²) in [5.74, 6) is 3.10. The number of morpholine rings is 1. The first kappa shape index (κ1) is 38.6. The van der Waals surface area contributed by atoms with E-state index in [0.29, 0.717) is 13.2 Å². The molecule has 308 valence electrons. The summed E-state index contributed by atoms with van der Waals surface area (Å²) in [6.07, 6.45) is 8.46. The van der Waals surface area contributed by atoms with Gasteiger partial charge in [0.25, 0.3) is 0 Å². The van der Waals surface area contributed by atoms with Gasteiger partial charge in [-0.2, -0.15) is 0 Å². The first-order valence-electron chi connectivity index (χ1n) is 20.6. The van der Waals surface area contributed by atoms with Crippen LogP contribution in [-0.4, -0.2) is 74.7 Å². The standard InChI is InChI=1S/C52H45N5O5/c1-58-36-13-5-32(6-14-36)48-40-21-22-41(53-40)49(33-7-15-37(59-2)16-8-33)43-25-26-45(55-43)51(35-11-19-39(61-4)20-12-35)52-47(57-27-29-62-30-28-57)31-46(56-52)50(44-24-23-42(48)54-44)34-9-17-38(60-3)18-10-34/h5-26,31,53,56H,27-30H2,1-4H3. The normalized spacial score (nSPS) is 13.3. The molecule has 0 amide bonds. The van der Waals surface area contributed by atoms with Gasteiger partial charge in [0.2, 0.25) is 0 Å². The van der Waals surface area contributed by atoms with Crippen LogP contribution in [0.15, 0.2) is 115 Å². The number of aromatic nitrogens is 4. The lowest BCUT2D eigenvalue weighted by Crippen LogP contribution is -2.36. The number of hydrogen-bond acceptors (Lipinski definition) is 8. The van der Waals surface area contributed by atoms with E-state index in [4.69, 9.17) is 33.7 Å². The Morgan fingerprint density at radius 2 is 0.790 bits per heavy atom. The molecule has 1 saturated heterocycles. The number of ether oxygens (including phenoxy) is 5. The highest BCUT2D eigenvalue weighted by Crippen LogP contribution is 2.42. The van der Waals surface area contributed by atoms with Crippen molar-refractivity contribution in [1.29, 1.82) is 0 Å². The summed E-state index contributed by atoms with van der Waals surface area (Å²) in [7, 11) is 6.74. The van der Waals surface area contributed by atoms with Crippen molar-refractivity contribution >= 4 is 52.1 Å². The Labute approximate surface area is 359 Å². The van der Waals surface area contributed by atoms with Gasteiger partial charge in [-0.1, -0.05) is 48.5 Å². The SMILES string of the molecule is COc1ccc(-c2c3nc(c(-c4ccc(OC)cc4)c4cc(N5CCOCC5)c([nH]4)c(-c4ccc(OC)cc4)c4nc(c(-c5ccc(OC)cc5)c5ccc2[nH]5)C=C4)C=C3)cc1. The fourth-order valence-electron chi connectivity index (χ4n) is 8.57. The van der Waals surface area contributed by atoms with Crippen LogP contribution >= 0.6 is 0 Å². The highest BCUT2D eigenvalue weighted by molar-refractivity contribution is 6.03. The van der Waals surface area contributed by atoms with E-state index in [1.807, 2.05) is 48.5 Å². The molecule has 0 saturated carbocycles. The van der Waals surface area contributed by atoms with Crippen molar-refractivity contribution < 1.29 is 23.7 Å². The summed E-state index contributed by atoms with van der Waals surface area (Å²) in [4.78, 5) is 21.2. The summed E-state index contributed by atoms with van der Waals surface area (Å²) in [6.45, 7) is 2.73. The molecule has 1 fully saturated rings. The molecule has 2 N–H and O–H groups in total. The Bertz CT molecular complexity index is 3010. The van der Waals surface area contributed by atoms with E-state index in [9.17, 15) is 0 Å². The molecular formula is C52H45N5O5. The maximum atomic E-state index is 5.89. The third-order valence-electron chi connectivity index (χ3n) is 11.7. The van der Waals surface area contributed by atoms with Crippen LogP contribution in [0.4, 0.5) is 5.69 Å². The van der Waals surface area contributed by atoms with Crippen molar-refractivity contribution in [2.45, 2.75) is 0 Å². The van der Waals surface area contributed by atoms with Crippen molar-refractivity contribution in [3.05, 3.63) is 138 Å². The van der Waals surface area contributed by atoms with E-state index in [0.717, 1.165) is 131 Å². The number of hydrogen-bond donors (Lipinski definition) is 2. The molecule has 0 radical (unpaired) electrons. The van der Waals surface area contributed by atoms with Crippen LogP contribution in [0, 0.1) is 0 Å². The first-order chi connectivity index (χ1) is 30.5. The number of fused-ring (bicyclic) bond motifs is 8. The molecule has 3 aliphatic heterocycles. The zero-order chi connectivity index (χ0) is 42.2. The summed E-state index contributed by atoms with van der Waals surface area (Å²) >= 11 is 0. The predicted octanol–water partition coefficient (Wildman–Crippen LogP) is 11.2. The molecule has 10 nitrogen and oxygen atoms in total. The van der Waals surface area contributed by atoms with Crippen LogP contribution in [0.25, 0.3) is 90.9 Å². The van der Waals surface area contributed by atoms with Crippen LogP contribution in [0.5, 0.6) is 23.0 Å². The largest absolute Gasteiger partial charge is 0.497 e. The van der Waals surface area contributed by atoms with Gasteiger partial charge >= 0.3 is 0 Å². The minimum Gasteiger partial charge on any atom is -0.497 e. The lowest BCUT2D eigenvalue weighted by Gasteiger charge is -2.28. The molecule has 0 atom stereocenters. The van der Waals surface area contributed by atoms with E-state index in [1.54, 1.807) is 28.4 Å². The van der Waals surface area contributed by atoms with Crippen LogP contribution in [-0.2, 0) is 4.74 Å². The molecule has 0 aliphatic carbocycles. The summed E-state index contributed by atoms with van der Waals surface area (Å²) in [5.41, 5.74) is 15.8. The highest BCUT2D eigenvalue weighted by atomic mass is 16.5. The third kappa shape index (κ3) is 7.14. The van der Waals surface area contributed by atoms with Gasteiger partial charge in [0.1, 0.15) is 23.0 Å². The fourth-order valence-corrected chi connectivity index (χ4v) is 8.57. The van der Waals surface area contributed by atoms with E-state index < -0.39 is 0 Å². The number of H-pyrrole nitrogens is 2. The molecule has 10 heteroatoms. The fraction of sp³-hybridized carbons (Fsp3) is 0.154. The van der Waals surface area contributed by atoms with Crippen molar-refractivity contribution in [3.8, 4) is 67.5 Å². The molecule has 7 aromatic rings. The van der Waals surface area contributed by atoms with Gasteiger partial charge < -0.3 is 38.6 Å². The van der Waals surface area contributed by atoms with Crippen LogP contribution in [0.1, 0.15) is 22.8 Å². The smallest absolute Gasteiger partial charge is 0.118 e. The quantitative estimate of drug-likeness (QED) is 0.148. The second kappa shape index (κ2) is 16.5. The Balaban J connectivity index is 1.39. The molecule has 3 aromatic heterocycles. The van der Waals surface area contributed by atoms with Crippen LogP contribution in [0.3, 0.4) is 0 Å². The van der Waals surface area contributed by atoms with Gasteiger partial charge in [-0.3, -0.25) is 0 Å². The van der Waals surface area contributed by atoms with Gasteiger partial charge in [0.15, 0.2) is 0 Å². The molecule has 0 spiro atoms. The summed E-state index contributed by atoms with van der Waals surface area (Å²) in [5, 5.41) is 0. The van der Waals surface area contributed by atoms with E-state index in [-0.39, 0.29) is 0 Å². The van der Waals surface area contributed by atoms with Gasteiger partial charge in [-0.15, -0.1) is 0 Å². The van der Waals surface area contributed by atoms with Gasteiger partial charge in [-0.25, -0.2) is 9.97 Å². The maximum absolute atomic E-state index is 5.89. The van der Waals surface area contributed by atoms with E-state index in [2.05, 4.69) is 106 Å². The van der Waals surface area contributed by atoms with Gasteiger partial charge in [0, 0.05) is 46.4 Å². The van der Waals surface area contributed by atoms with Crippen LogP contribution < -0.4 is 23.8 Å². The second-order valence-electron chi connectivity index (χ2n) is 15.2. The minimum atomic E-state index is 0.627. The number of anilines is 1. The van der Waals surface area contributed by atoms with Gasteiger partial charge in [0.05, 0.1) is 81.1 Å². The molecule has 0 unspecified atom stereocenters. The van der Waals surface area contributed by atoms with Crippen molar-refractivity contribution in [3.63, 3.8) is 0 Å². The number of nitrogens with zero attached hydrogens (tertiary/aromatic N) is 3. The zero-order valence-electron chi connectivity index (χ0n) is 35.0. The number of benzene rings is 4. The van der Waals surface area contributed by atoms with Crippen molar-refractivity contribution in [1.82, 2.24) is 19.9 Å². The molecule has 10 rings (SSSR count). The summed E-state index contributed by atoms with van der Waals surface area (Å²) in [6, 6.07) is 39.2. The lowest BCUT2D eigenvalue weighted by atomic mass is 10.0. The van der Waals surface area contributed by atoms with Crippen molar-refractivity contribution in [2.24, 2.45) is 0 Å². The Morgan fingerprint density at radius 1 is 0.435 bits per heavy atom. The van der Waals surface area contributed by atoms with E-state index >= 15 is 0 Å². The average Bonchev–Trinajstić information content (AvgIpc) is 4.18. The highest BCUT2D eigenvalue weighted by Gasteiger charge is 2.23. The number of methoxy groups -OCH3 is 4. The molecule has 62 heavy (non-hydrogen) atoms. The van der Waals surface area contributed by atoms with E-state index in [1.165, 1.54) is 0 Å². The van der Waals surface area contributed by atoms with Crippen molar-refractivity contribution in [2.75, 3.05) is 59.6 Å². The van der Waals surface area contributed by atoms with Gasteiger partial charge in [-0.05, 0) is 113 Å². The molecule has 6 heterocycles. The monoisotopic (exact) mass is 819 g/mol. The molecule has 4 aromatic carbocycles. The lowest BCUT2D eigenvalue weighted by molar-refractivity contribution is 0.123. The maximum Gasteiger partial charge on any atom is 0.118 e. The predicted molar refractivity (Wildman–Crippen MR) is 250 cm³/mol. The average molecular weight is 820 g/mol. The Kier molecular flexibility index (Phi) is 10.3. The Morgan fingerprint density at radius 3 is 1.18 bits per heavy atom. The Hall–Kier alpha value is -7.56. The topological polar surface area (TPSA) is 107 Å². The minimum absolute atomic E-state index is 0.627. The summed E-state index contributed by atoms with van der Waals surface area (Å²) < 4.78 is 28.3. The first-order valence-corrected chi connectivity index (χ1v) is 20.6. The number of rotatable bonds is 9. The second-order valence-corrected chi connectivity index (χ2v) is 15.2. The third-order valence-corrected chi connectivity index (χ3v) is 11.7. The molecular weight excluding hydrogens is 775 g/mol. The molecule has 8 bridgehead atoms. The number of aromatic amines is 2. The number of nitrogens with one attached hydrogen (secondary N) is 2. The molecule has 3 aliphatic rings. The zero-order valence-corrected chi connectivity index (χ0v) is 35.0. The van der Waals surface area contributed by atoms with Crippen LogP contribution in [0.2, 0.25) is 0 Å².